The molecule has 1 heterocycles. The Hall–Kier alpha value is -2.54. The number of carbonyl (C=O) groups is 2. The minimum atomic E-state index is -0.816. The molecule has 3 rings (SSSR count). The number of ether oxygens (including phenoxy) is 3. The molecule has 0 unspecified atom stereocenters. The maximum Gasteiger partial charge on any atom is 0.236 e. The fourth-order valence-corrected chi connectivity index (χ4v) is 3.47. The number of benzene rings is 1. The summed E-state index contributed by atoms with van der Waals surface area (Å²) in [7, 11) is 2.55. The van der Waals surface area contributed by atoms with Crippen molar-refractivity contribution in [3.05, 3.63) is 33.8 Å². The highest BCUT2D eigenvalue weighted by Crippen LogP contribution is 2.48. The summed E-state index contributed by atoms with van der Waals surface area (Å²) < 4.78 is 15.9. The molecule has 128 valence electrons. The molecular formula is C17H18O7. The average molecular weight is 334 g/mol. The number of aliphatic hydroxyl groups excluding tert-OH is 1. The van der Waals surface area contributed by atoms with E-state index in [1.807, 2.05) is 6.92 Å². The Labute approximate surface area is 138 Å². The number of hydrogen-bond donors (Lipinski definition) is 2. The number of phenols is 1. The van der Waals surface area contributed by atoms with Gasteiger partial charge in [-0.1, -0.05) is 0 Å². The van der Waals surface area contributed by atoms with Crippen molar-refractivity contribution in [1.82, 2.24) is 0 Å². The number of rotatable bonds is 2. The number of hydrogen-bond acceptors (Lipinski definition) is 7. The third kappa shape index (κ3) is 2.01. The Balaban J connectivity index is 2.40. The van der Waals surface area contributed by atoms with E-state index in [0.29, 0.717) is 17.5 Å². The quantitative estimate of drug-likeness (QED) is 0.855. The van der Waals surface area contributed by atoms with E-state index < -0.39 is 29.2 Å². The van der Waals surface area contributed by atoms with Gasteiger partial charge in [0.2, 0.25) is 23.1 Å². The van der Waals surface area contributed by atoms with Crippen LogP contribution in [0.5, 0.6) is 11.5 Å². The van der Waals surface area contributed by atoms with Crippen molar-refractivity contribution in [3.8, 4) is 11.5 Å². The summed E-state index contributed by atoms with van der Waals surface area (Å²) in [5, 5.41) is 20.7. The number of allylic oxidation sites excluding steroid dienone is 2. The van der Waals surface area contributed by atoms with Crippen molar-refractivity contribution >= 4 is 11.6 Å². The number of aromatic hydroxyl groups is 1. The van der Waals surface area contributed by atoms with Crippen LogP contribution in [0.3, 0.4) is 0 Å². The molecule has 24 heavy (non-hydrogen) atoms. The number of ketones is 2. The van der Waals surface area contributed by atoms with Gasteiger partial charge in [0, 0.05) is 17.5 Å². The average Bonchev–Trinajstić information content (AvgIpc) is 2.52. The fourth-order valence-electron chi connectivity index (χ4n) is 3.47. The largest absolute Gasteiger partial charge is 0.507 e. The fraction of sp³-hybridized carbons (Fsp3) is 0.412. The molecule has 1 aromatic rings. The van der Waals surface area contributed by atoms with E-state index in [0.717, 1.165) is 0 Å². The lowest BCUT2D eigenvalue weighted by molar-refractivity contribution is -0.00678. The van der Waals surface area contributed by atoms with Gasteiger partial charge >= 0.3 is 0 Å². The van der Waals surface area contributed by atoms with Crippen LogP contribution in [-0.4, -0.2) is 42.1 Å². The molecule has 0 spiro atoms. The second-order valence-electron chi connectivity index (χ2n) is 5.86. The van der Waals surface area contributed by atoms with Crippen LogP contribution >= 0.6 is 0 Å². The summed E-state index contributed by atoms with van der Waals surface area (Å²) in [6, 6.07) is 0. The lowest BCUT2D eigenvalue weighted by Crippen LogP contribution is -2.29. The zero-order chi connectivity index (χ0) is 17.8. The highest BCUT2D eigenvalue weighted by Gasteiger charge is 2.42. The third-order valence-electron chi connectivity index (χ3n) is 4.40. The van der Waals surface area contributed by atoms with Crippen LogP contribution in [0.2, 0.25) is 0 Å². The van der Waals surface area contributed by atoms with Gasteiger partial charge in [0.25, 0.3) is 0 Å². The molecule has 0 fully saturated rings. The van der Waals surface area contributed by atoms with Gasteiger partial charge in [0.15, 0.2) is 0 Å². The second kappa shape index (κ2) is 5.52. The Morgan fingerprint density at radius 3 is 2.29 bits per heavy atom. The molecule has 0 saturated heterocycles. The molecule has 1 aromatic carbocycles. The number of methoxy groups -OCH3 is 2. The van der Waals surface area contributed by atoms with Crippen LogP contribution in [0.25, 0.3) is 0 Å². The first-order chi connectivity index (χ1) is 11.3. The van der Waals surface area contributed by atoms with E-state index in [2.05, 4.69) is 0 Å². The van der Waals surface area contributed by atoms with Crippen molar-refractivity contribution in [2.75, 3.05) is 14.2 Å². The monoisotopic (exact) mass is 334 g/mol. The standard InChI is InChI=1S/C17H18O7/c1-6-5-8-9(7(2)24-6)12(18)10-11(16(8)22-3)13(19)15(21)17(23-4)14(10)20/h6-7,18,21H,5H2,1-4H3/t6-,7+/m0/s1. The highest BCUT2D eigenvalue weighted by atomic mass is 16.5. The van der Waals surface area contributed by atoms with Crippen molar-refractivity contribution in [3.63, 3.8) is 0 Å². The van der Waals surface area contributed by atoms with Crippen LogP contribution < -0.4 is 4.74 Å². The van der Waals surface area contributed by atoms with Crippen molar-refractivity contribution in [1.29, 1.82) is 0 Å². The SMILES string of the molecule is COC1=C(O)C(=O)c2c(OC)c3c(c(O)c2C1=O)[C@@H](C)O[C@@H](C)C3. The topological polar surface area (TPSA) is 102 Å². The molecule has 0 bridgehead atoms. The third-order valence-corrected chi connectivity index (χ3v) is 4.40. The summed E-state index contributed by atoms with van der Waals surface area (Å²) in [5.41, 5.74) is 0.658. The van der Waals surface area contributed by atoms with Crippen molar-refractivity contribution < 1.29 is 34.0 Å². The molecule has 0 aromatic heterocycles. The lowest BCUT2D eigenvalue weighted by atomic mass is 9.82. The van der Waals surface area contributed by atoms with Crippen LogP contribution in [-0.2, 0) is 15.9 Å². The van der Waals surface area contributed by atoms with Gasteiger partial charge in [-0.25, -0.2) is 0 Å². The first-order valence-electron chi connectivity index (χ1n) is 7.51. The van der Waals surface area contributed by atoms with E-state index in [4.69, 9.17) is 14.2 Å². The lowest BCUT2D eigenvalue weighted by Gasteiger charge is -2.32. The normalized spacial score (nSPS) is 23.0. The predicted molar refractivity (Wildman–Crippen MR) is 82.6 cm³/mol. The molecule has 7 nitrogen and oxygen atoms in total. The smallest absolute Gasteiger partial charge is 0.236 e. The van der Waals surface area contributed by atoms with Crippen molar-refractivity contribution in [2.45, 2.75) is 32.5 Å². The maximum absolute atomic E-state index is 12.6. The van der Waals surface area contributed by atoms with Crippen LogP contribution in [0.15, 0.2) is 11.5 Å². The zero-order valence-corrected chi connectivity index (χ0v) is 13.8. The molecule has 7 heteroatoms. The van der Waals surface area contributed by atoms with Gasteiger partial charge in [-0.3, -0.25) is 9.59 Å². The van der Waals surface area contributed by atoms with Crippen molar-refractivity contribution in [2.24, 2.45) is 0 Å². The molecule has 2 atom stereocenters. The van der Waals surface area contributed by atoms with Crippen LogP contribution in [0.4, 0.5) is 0 Å². The van der Waals surface area contributed by atoms with Gasteiger partial charge in [0.1, 0.15) is 11.5 Å². The number of fused-ring (bicyclic) bond motifs is 2. The molecule has 0 saturated carbocycles. The van der Waals surface area contributed by atoms with E-state index in [1.165, 1.54) is 14.2 Å². The van der Waals surface area contributed by atoms with E-state index in [1.54, 1.807) is 6.92 Å². The van der Waals surface area contributed by atoms with E-state index in [9.17, 15) is 19.8 Å². The molecular weight excluding hydrogens is 316 g/mol. The van der Waals surface area contributed by atoms with E-state index in [-0.39, 0.29) is 28.7 Å². The molecule has 1 aliphatic carbocycles. The molecule has 2 N–H and O–H groups in total. The Bertz CT molecular complexity index is 791. The van der Waals surface area contributed by atoms with Crippen LogP contribution in [0.1, 0.15) is 51.8 Å². The summed E-state index contributed by atoms with van der Waals surface area (Å²) in [6.07, 6.45) is -0.212. The van der Waals surface area contributed by atoms with Gasteiger partial charge in [0.05, 0.1) is 37.6 Å². The van der Waals surface area contributed by atoms with Gasteiger partial charge in [-0.05, 0) is 13.8 Å². The maximum atomic E-state index is 12.6. The molecule has 1 aliphatic heterocycles. The van der Waals surface area contributed by atoms with Gasteiger partial charge in [-0.15, -0.1) is 0 Å². The van der Waals surface area contributed by atoms with Gasteiger partial charge < -0.3 is 24.4 Å². The van der Waals surface area contributed by atoms with Gasteiger partial charge in [-0.2, -0.15) is 0 Å². The Morgan fingerprint density at radius 1 is 1.04 bits per heavy atom. The Morgan fingerprint density at radius 2 is 1.71 bits per heavy atom. The summed E-state index contributed by atoms with van der Waals surface area (Å²) in [5.74, 6) is -3.03. The summed E-state index contributed by atoms with van der Waals surface area (Å²) in [6.45, 7) is 3.61. The number of phenolic OH excluding ortho intramolecular Hbond substituents is 1. The highest BCUT2D eigenvalue weighted by molar-refractivity contribution is 6.27. The first-order valence-corrected chi connectivity index (χ1v) is 7.51. The molecule has 0 radical (unpaired) electrons. The Kier molecular flexibility index (Phi) is 3.76. The number of aliphatic hydroxyl groups is 1. The first kappa shape index (κ1) is 16.3. The minimum absolute atomic E-state index is 0.140. The minimum Gasteiger partial charge on any atom is -0.507 e. The number of Topliss-reactive ketones (excluding diaryl/α,β-unsaturated/α-hetero) is 2. The predicted octanol–water partition coefficient (Wildman–Crippen LogP) is 2.22. The summed E-state index contributed by atoms with van der Waals surface area (Å²) >= 11 is 0. The molecule has 2 aliphatic rings. The summed E-state index contributed by atoms with van der Waals surface area (Å²) in [4.78, 5) is 25.1. The number of carbonyl (C=O) groups excluding carboxylic acids is 2. The van der Waals surface area contributed by atoms with Crippen LogP contribution in [0, 0.1) is 0 Å². The second-order valence-corrected chi connectivity index (χ2v) is 5.86. The van der Waals surface area contributed by atoms with E-state index >= 15 is 0 Å². The molecule has 0 amide bonds. The zero-order valence-electron chi connectivity index (χ0n) is 13.8.